The van der Waals surface area contributed by atoms with E-state index in [9.17, 15) is 9.59 Å². The number of aliphatic carboxylic acids is 1. The van der Waals surface area contributed by atoms with E-state index in [-0.39, 0.29) is 24.3 Å². The van der Waals surface area contributed by atoms with Crippen molar-refractivity contribution in [2.75, 3.05) is 6.54 Å². The van der Waals surface area contributed by atoms with Crippen LogP contribution in [0.3, 0.4) is 0 Å². The van der Waals surface area contributed by atoms with Gasteiger partial charge in [-0.05, 0) is 36.8 Å². The number of carbonyl (C=O) groups excluding carboxylic acids is 1. The van der Waals surface area contributed by atoms with Crippen LogP contribution >= 0.6 is 23.2 Å². The molecule has 2 saturated carbocycles. The number of carboxylic acids is 1. The molecular formula is C15H15Cl2NO3. The third-order valence-electron chi connectivity index (χ3n) is 4.42. The second kappa shape index (κ2) is 5.18. The van der Waals surface area contributed by atoms with E-state index in [0.29, 0.717) is 22.9 Å². The van der Waals surface area contributed by atoms with Crippen molar-refractivity contribution in [1.29, 1.82) is 0 Å². The Hall–Kier alpha value is -1.26. The fourth-order valence-electron chi connectivity index (χ4n) is 2.64. The number of nitrogens with one attached hydrogen (secondary N) is 1. The van der Waals surface area contributed by atoms with Crippen molar-refractivity contribution in [1.82, 2.24) is 5.32 Å². The Labute approximate surface area is 132 Å². The van der Waals surface area contributed by atoms with Gasteiger partial charge in [0, 0.05) is 12.5 Å². The second-order valence-corrected chi connectivity index (χ2v) is 6.68. The van der Waals surface area contributed by atoms with E-state index in [1.165, 1.54) is 0 Å². The Morgan fingerprint density at radius 2 is 2.05 bits per heavy atom. The Morgan fingerprint density at radius 3 is 2.67 bits per heavy atom. The molecule has 0 heterocycles. The lowest BCUT2D eigenvalue weighted by molar-refractivity contribution is -0.143. The highest BCUT2D eigenvalue weighted by Gasteiger charge is 2.51. The van der Waals surface area contributed by atoms with Crippen LogP contribution in [0.25, 0.3) is 0 Å². The van der Waals surface area contributed by atoms with Crippen LogP contribution in [0.5, 0.6) is 0 Å². The zero-order valence-electron chi connectivity index (χ0n) is 11.2. The van der Waals surface area contributed by atoms with Crippen molar-refractivity contribution in [3.8, 4) is 0 Å². The number of benzene rings is 1. The number of hydrogen-bond donors (Lipinski definition) is 2. The van der Waals surface area contributed by atoms with Crippen molar-refractivity contribution in [2.45, 2.75) is 25.2 Å². The van der Waals surface area contributed by atoms with Crippen molar-refractivity contribution in [2.24, 2.45) is 11.3 Å². The highest BCUT2D eigenvalue weighted by molar-refractivity contribution is 6.42. The maximum atomic E-state index is 12.1. The number of rotatable bonds is 5. The zero-order valence-corrected chi connectivity index (χ0v) is 12.7. The van der Waals surface area contributed by atoms with Gasteiger partial charge in [0.1, 0.15) is 0 Å². The quantitative estimate of drug-likeness (QED) is 0.873. The molecule has 21 heavy (non-hydrogen) atoms. The van der Waals surface area contributed by atoms with Crippen LogP contribution in [0, 0.1) is 11.3 Å². The largest absolute Gasteiger partial charge is 0.481 e. The summed E-state index contributed by atoms with van der Waals surface area (Å²) >= 11 is 12.1. The van der Waals surface area contributed by atoms with E-state index < -0.39 is 11.4 Å². The molecule has 0 bridgehead atoms. The van der Waals surface area contributed by atoms with E-state index in [4.69, 9.17) is 28.3 Å². The minimum Gasteiger partial charge on any atom is -0.481 e. The first-order chi connectivity index (χ1) is 9.94. The van der Waals surface area contributed by atoms with Crippen molar-refractivity contribution in [3.05, 3.63) is 33.8 Å². The van der Waals surface area contributed by atoms with Gasteiger partial charge in [0.25, 0.3) is 0 Å². The van der Waals surface area contributed by atoms with Gasteiger partial charge in [-0.3, -0.25) is 9.59 Å². The monoisotopic (exact) mass is 327 g/mol. The van der Waals surface area contributed by atoms with Gasteiger partial charge in [0.2, 0.25) is 5.91 Å². The lowest BCUT2D eigenvalue weighted by Crippen LogP contribution is -2.35. The standard InChI is InChI=1S/C15H15Cl2NO3/c16-11-3-1-2-8(12(11)17)9-6-10(9)13(19)18-7-15(4-5-15)14(20)21/h1-3,9-10H,4-7H2,(H,18,19)(H,20,21). The molecule has 2 aliphatic rings. The molecule has 0 spiro atoms. The lowest BCUT2D eigenvalue weighted by Gasteiger charge is -2.11. The number of carbonyl (C=O) groups is 2. The highest BCUT2D eigenvalue weighted by Crippen LogP contribution is 2.51. The Balaban J connectivity index is 1.59. The second-order valence-electron chi connectivity index (χ2n) is 5.90. The molecule has 0 saturated heterocycles. The fraction of sp³-hybridized carbons (Fsp3) is 0.467. The van der Waals surface area contributed by atoms with Crippen molar-refractivity contribution < 1.29 is 14.7 Å². The normalized spacial score (nSPS) is 25.2. The molecule has 112 valence electrons. The summed E-state index contributed by atoms with van der Waals surface area (Å²) in [5.41, 5.74) is 0.164. The van der Waals surface area contributed by atoms with Gasteiger partial charge >= 0.3 is 5.97 Å². The third kappa shape index (κ3) is 2.74. The SMILES string of the molecule is O=C(NCC1(C(=O)O)CC1)C1CC1c1cccc(Cl)c1Cl. The molecule has 0 radical (unpaired) electrons. The summed E-state index contributed by atoms with van der Waals surface area (Å²) in [5, 5.41) is 12.8. The maximum Gasteiger partial charge on any atom is 0.311 e. The Bertz CT molecular complexity index is 613. The molecule has 2 atom stereocenters. The van der Waals surface area contributed by atoms with Gasteiger partial charge in [-0.15, -0.1) is 0 Å². The van der Waals surface area contributed by atoms with Crippen molar-refractivity contribution in [3.63, 3.8) is 0 Å². The van der Waals surface area contributed by atoms with Gasteiger partial charge in [0.05, 0.1) is 15.5 Å². The average Bonchev–Trinajstić information content (AvgIpc) is 3.33. The number of hydrogen-bond acceptors (Lipinski definition) is 2. The topological polar surface area (TPSA) is 66.4 Å². The summed E-state index contributed by atoms with van der Waals surface area (Å²) in [6.07, 6.45) is 2.00. The summed E-state index contributed by atoms with van der Waals surface area (Å²) in [4.78, 5) is 23.2. The van der Waals surface area contributed by atoms with Gasteiger partial charge in [0.15, 0.2) is 0 Å². The zero-order chi connectivity index (χ0) is 15.2. The minimum absolute atomic E-state index is 0.0798. The fourth-order valence-corrected chi connectivity index (χ4v) is 3.09. The summed E-state index contributed by atoms with van der Waals surface area (Å²) in [6, 6.07) is 5.42. The lowest BCUT2D eigenvalue weighted by atomic mass is 10.1. The third-order valence-corrected chi connectivity index (χ3v) is 5.25. The first-order valence-corrected chi connectivity index (χ1v) is 7.65. The molecule has 1 amide bonds. The van der Waals surface area contributed by atoms with Crippen molar-refractivity contribution >= 4 is 35.1 Å². The average molecular weight is 328 g/mol. The van der Waals surface area contributed by atoms with E-state index >= 15 is 0 Å². The van der Waals surface area contributed by atoms with Crippen LogP contribution in [-0.2, 0) is 9.59 Å². The summed E-state index contributed by atoms with van der Waals surface area (Å²) < 4.78 is 0. The molecular weight excluding hydrogens is 313 g/mol. The van der Waals surface area contributed by atoms with E-state index in [1.807, 2.05) is 12.1 Å². The van der Waals surface area contributed by atoms with Gasteiger partial charge < -0.3 is 10.4 Å². The molecule has 2 aliphatic carbocycles. The first-order valence-electron chi connectivity index (χ1n) is 6.90. The molecule has 2 unspecified atom stereocenters. The van der Waals surface area contributed by atoms with Gasteiger partial charge in [-0.1, -0.05) is 35.3 Å². The molecule has 1 aromatic rings. The summed E-state index contributed by atoms with van der Waals surface area (Å²) in [6.45, 7) is 0.216. The number of halogens is 2. The van der Waals surface area contributed by atoms with Crippen LogP contribution in [0.4, 0.5) is 0 Å². The van der Waals surface area contributed by atoms with E-state index in [2.05, 4.69) is 5.32 Å². The maximum absolute atomic E-state index is 12.1. The molecule has 6 heteroatoms. The molecule has 2 fully saturated rings. The Morgan fingerprint density at radius 1 is 1.33 bits per heavy atom. The smallest absolute Gasteiger partial charge is 0.311 e. The first kappa shape index (κ1) is 14.7. The van der Waals surface area contributed by atoms with Crippen LogP contribution in [0.1, 0.15) is 30.7 Å². The minimum atomic E-state index is -0.826. The Kier molecular flexibility index (Phi) is 3.62. The molecule has 0 aliphatic heterocycles. The number of amides is 1. The molecule has 2 N–H and O–H groups in total. The van der Waals surface area contributed by atoms with Crippen LogP contribution in [-0.4, -0.2) is 23.5 Å². The predicted octanol–water partition coefficient (Wildman–Crippen LogP) is 3.08. The van der Waals surface area contributed by atoms with Gasteiger partial charge in [-0.25, -0.2) is 0 Å². The summed E-state index contributed by atoms with van der Waals surface area (Å²) in [7, 11) is 0. The van der Waals surface area contributed by atoms with Gasteiger partial charge in [-0.2, -0.15) is 0 Å². The number of carboxylic acid groups (broad SMARTS) is 1. The van der Waals surface area contributed by atoms with E-state index in [0.717, 1.165) is 12.0 Å². The highest BCUT2D eigenvalue weighted by atomic mass is 35.5. The molecule has 4 nitrogen and oxygen atoms in total. The predicted molar refractivity (Wildman–Crippen MR) is 79.6 cm³/mol. The van der Waals surface area contributed by atoms with Crippen LogP contribution < -0.4 is 5.32 Å². The summed E-state index contributed by atoms with van der Waals surface area (Å²) in [5.74, 6) is -0.974. The van der Waals surface area contributed by atoms with Crippen LogP contribution in [0.15, 0.2) is 18.2 Å². The van der Waals surface area contributed by atoms with E-state index in [1.54, 1.807) is 6.07 Å². The van der Waals surface area contributed by atoms with Crippen LogP contribution in [0.2, 0.25) is 10.0 Å². The molecule has 0 aromatic heterocycles. The molecule has 1 aromatic carbocycles. The molecule has 3 rings (SSSR count).